The van der Waals surface area contributed by atoms with Gasteiger partial charge in [0.05, 0.1) is 0 Å². The molecule has 1 aromatic rings. The third-order valence-electron chi connectivity index (χ3n) is 2.07. The molecule has 102 valence electrons. The molecule has 0 aliphatic carbocycles. The average molecular weight is 344 g/mol. The third kappa shape index (κ3) is 4.88. The number of carbonyl (C=O) groups excluding carboxylic acids is 1. The van der Waals surface area contributed by atoms with E-state index in [1.165, 1.54) is 0 Å². The lowest BCUT2D eigenvalue weighted by molar-refractivity contribution is 0.0945. The number of amides is 1. The van der Waals surface area contributed by atoms with Crippen molar-refractivity contribution in [3.8, 4) is 0 Å². The molecule has 2 N–H and O–H groups in total. The quantitative estimate of drug-likeness (QED) is 0.807. The molecule has 0 unspecified atom stereocenters. The van der Waals surface area contributed by atoms with Crippen molar-refractivity contribution in [1.82, 2.24) is 10.6 Å². The molecule has 0 fully saturated rings. The van der Waals surface area contributed by atoms with Gasteiger partial charge in [0.15, 0.2) is 0 Å². The van der Waals surface area contributed by atoms with Crippen LogP contribution in [0.2, 0.25) is 0 Å². The van der Waals surface area contributed by atoms with E-state index in [0.717, 1.165) is 18.7 Å². The Morgan fingerprint density at radius 2 is 1.83 bits per heavy atom. The molecule has 0 saturated carbocycles. The molecule has 1 amide bonds. The number of nitrogens with one attached hydrogen (secondary N) is 2. The van der Waals surface area contributed by atoms with Crippen molar-refractivity contribution in [3.05, 3.63) is 33.8 Å². The lowest BCUT2D eigenvalue weighted by Crippen LogP contribution is -2.32. The van der Waals surface area contributed by atoms with Gasteiger partial charge in [0, 0.05) is 17.6 Å². The average Bonchev–Trinajstić information content (AvgIpc) is 2.23. The highest BCUT2D eigenvalue weighted by Crippen LogP contribution is 2.19. The number of rotatable bonds is 5. The topological polar surface area (TPSA) is 41.1 Å². The Labute approximate surface area is 119 Å². The standard InChI is InChI=1S/C11H13BrF2N2O.ClH/c1-2-15-3-4-16-11(17)10-8(13)5-7(12)6-9(10)14;/h5-6,15H,2-4H2,1H3,(H,16,17);1H. The van der Waals surface area contributed by atoms with Gasteiger partial charge in [0.2, 0.25) is 0 Å². The Morgan fingerprint density at radius 3 is 2.33 bits per heavy atom. The van der Waals surface area contributed by atoms with Crippen LogP contribution in [0.3, 0.4) is 0 Å². The molecule has 7 heteroatoms. The van der Waals surface area contributed by atoms with E-state index in [1.807, 2.05) is 6.92 Å². The molecule has 0 aliphatic rings. The fourth-order valence-electron chi connectivity index (χ4n) is 1.29. The van der Waals surface area contributed by atoms with E-state index in [4.69, 9.17) is 0 Å². The minimum atomic E-state index is -0.877. The zero-order valence-corrected chi connectivity index (χ0v) is 12.1. The van der Waals surface area contributed by atoms with Crippen molar-refractivity contribution in [2.45, 2.75) is 6.92 Å². The van der Waals surface area contributed by atoms with Crippen LogP contribution in [0.15, 0.2) is 16.6 Å². The summed E-state index contributed by atoms with van der Waals surface area (Å²) in [5.74, 6) is -2.50. The first-order valence-corrected chi connectivity index (χ1v) is 5.99. The van der Waals surface area contributed by atoms with Crippen molar-refractivity contribution in [2.75, 3.05) is 19.6 Å². The summed E-state index contributed by atoms with van der Waals surface area (Å²) in [5, 5.41) is 5.42. The Balaban J connectivity index is 0.00000289. The molecule has 1 rings (SSSR count). The predicted octanol–water partition coefficient (Wildman–Crippen LogP) is 2.49. The molecular formula is C11H14BrClF2N2O. The first-order chi connectivity index (χ1) is 8.06. The zero-order valence-electron chi connectivity index (χ0n) is 9.73. The molecule has 0 aliphatic heterocycles. The lowest BCUT2D eigenvalue weighted by Gasteiger charge is -2.07. The Morgan fingerprint density at radius 1 is 1.28 bits per heavy atom. The summed E-state index contributed by atoms with van der Waals surface area (Å²) in [6, 6.07) is 2.12. The van der Waals surface area contributed by atoms with Crippen LogP contribution < -0.4 is 10.6 Å². The molecule has 3 nitrogen and oxygen atoms in total. The van der Waals surface area contributed by atoms with E-state index in [1.54, 1.807) is 0 Å². The number of halogens is 4. The van der Waals surface area contributed by atoms with Gasteiger partial charge in [-0.15, -0.1) is 12.4 Å². The summed E-state index contributed by atoms with van der Waals surface area (Å²) >= 11 is 2.95. The largest absolute Gasteiger partial charge is 0.351 e. The molecule has 0 atom stereocenters. The van der Waals surface area contributed by atoms with Crippen LogP contribution in [0.5, 0.6) is 0 Å². The predicted molar refractivity (Wildman–Crippen MR) is 72.2 cm³/mol. The highest BCUT2D eigenvalue weighted by atomic mass is 79.9. The summed E-state index contributed by atoms with van der Waals surface area (Å²) in [5.41, 5.74) is -0.551. The van der Waals surface area contributed by atoms with Crippen LogP contribution in [0.1, 0.15) is 17.3 Å². The smallest absolute Gasteiger partial charge is 0.257 e. The SMILES string of the molecule is CCNCCNC(=O)c1c(F)cc(Br)cc1F.Cl. The van der Waals surface area contributed by atoms with E-state index in [2.05, 4.69) is 26.6 Å². The van der Waals surface area contributed by atoms with Gasteiger partial charge in [-0.25, -0.2) is 8.78 Å². The first-order valence-electron chi connectivity index (χ1n) is 5.19. The van der Waals surface area contributed by atoms with Gasteiger partial charge in [0.1, 0.15) is 17.2 Å². The minimum Gasteiger partial charge on any atom is -0.351 e. The number of hydrogen-bond acceptors (Lipinski definition) is 2. The molecule has 0 bridgehead atoms. The van der Waals surface area contributed by atoms with E-state index in [0.29, 0.717) is 13.1 Å². The normalized spacial score (nSPS) is 9.78. The van der Waals surface area contributed by atoms with Gasteiger partial charge >= 0.3 is 0 Å². The summed E-state index contributed by atoms with van der Waals surface area (Å²) in [4.78, 5) is 11.5. The highest BCUT2D eigenvalue weighted by Gasteiger charge is 2.17. The van der Waals surface area contributed by atoms with Crippen LogP contribution >= 0.6 is 28.3 Å². The van der Waals surface area contributed by atoms with E-state index in [-0.39, 0.29) is 16.9 Å². The fourth-order valence-corrected chi connectivity index (χ4v) is 1.69. The molecule has 0 radical (unpaired) electrons. The first kappa shape index (κ1) is 17.3. The lowest BCUT2D eigenvalue weighted by atomic mass is 10.2. The van der Waals surface area contributed by atoms with Crippen LogP contribution in [0, 0.1) is 11.6 Å². The monoisotopic (exact) mass is 342 g/mol. The van der Waals surface area contributed by atoms with Crippen LogP contribution in [0.4, 0.5) is 8.78 Å². The van der Waals surface area contributed by atoms with Gasteiger partial charge < -0.3 is 10.6 Å². The Kier molecular flexibility index (Phi) is 8.06. The van der Waals surface area contributed by atoms with Crippen molar-refractivity contribution in [1.29, 1.82) is 0 Å². The molecule has 0 aromatic heterocycles. The van der Waals surface area contributed by atoms with Gasteiger partial charge in [-0.2, -0.15) is 0 Å². The van der Waals surface area contributed by atoms with Crippen molar-refractivity contribution < 1.29 is 13.6 Å². The third-order valence-corrected chi connectivity index (χ3v) is 2.53. The van der Waals surface area contributed by atoms with Crippen molar-refractivity contribution >= 4 is 34.2 Å². The second-order valence-corrected chi connectivity index (χ2v) is 4.27. The Bertz CT molecular complexity index is 395. The van der Waals surface area contributed by atoms with Gasteiger partial charge in [-0.05, 0) is 18.7 Å². The second-order valence-electron chi connectivity index (χ2n) is 3.35. The van der Waals surface area contributed by atoms with E-state index < -0.39 is 23.1 Å². The number of benzene rings is 1. The van der Waals surface area contributed by atoms with Gasteiger partial charge in [-0.3, -0.25) is 4.79 Å². The summed E-state index contributed by atoms with van der Waals surface area (Å²) in [6.07, 6.45) is 0. The molecule has 18 heavy (non-hydrogen) atoms. The highest BCUT2D eigenvalue weighted by molar-refractivity contribution is 9.10. The molecular weight excluding hydrogens is 329 g/mol. The Hall–Kier alpha value is -0.720. The second kappa shape index (κ2) is 8.39. The molecule has 1 aromatic carbocycles. The summed E-state index contributed by atoms with van der Waals surface area (Å²) in [7, 11) is 0. The number of carbonyl (C=O) groups is 1. The maximum Gasteiger partial charge on any atom is 0.257 e. The molecule has 0 spiro atoms. The van der Waals surface area contributed by atoms with Crippen LogP contribution in [-0.4, -0.2) is 25.5 Å². The maximum absolute atomic E-state index is 13.4. The number of likely N-dealkylation sites (N-methyl/N-ethyl adjacent to an activating group) is 1. The van der Waals surface area contributed by atoms with Crippen LogP contribution in [0.25, 0.3) is 0 Å². The zero-order chi connectivity index (χ0) is 12.8. The van der Waals surface area contributed by atoms with Crippen molar-refractivity contribution in [2.24, 2.45) is 0 Å². The summed E-state index contributed by atoms with van der Waals surface area (Å²) in [6.45, 7) is 3.58. The van der Waals surface area contributed by atoms with Gasteiger partial charge in [0.25, 0.3) is 5.91 Å². The fraction of sp³-hybridized carbons (Fsp3) is 0.364. The number of hydrogen-bond donors (Lipinski definition) is 2. The minimum absolute atomic E-state index is 0. The van der Waals surface area contributed by atoms with Crippen molar-refractivity contribution in [3.63, 3.8) is 0 Å². The van der Waals surface area contributed by atoms with Crippen LogP contribution in [-0.2, 0) is 0 Å². The van der Waals surface area contributed by atoms with Gasteiger partial charge in [-0.1, -0.05) is 22.9 Å². The summed E-state index contributed by atoms with van der Waals surface area (Å²) < 4.78 is 27.0. The molecule has 0 saturated heterocycles. The van der Waals surface area contributed by atoms with E-state index >= 15 is 0 Å². The molecule has 0 heterocycles. The maximum atomic E-state index is 13.4. The van der Waals surface area contributed by atoms with E-state index in [9.17, 15) is 13.6 Å².